The van der Waals surface area contributed by atoms with Crippen molar-refractivity contribution in [3.63, 3.8) is 0 Å². The van der Waals surface area contributed by atoms with Crippen LogP contribution in [0.2, 0.25) is 0 Å². The maximum Gasteiger partial charge on any atom is 0.243 e. The lowest BCUT2D eigenvalue weighted by molar-refractivity contribution is -0.297. The van der Waals surface area contributed by atoms with E-state index in [4.69, 9.17) is 10.4 Å². The van der Waals surface area contributed by atoms with Gasteiger partial charge in [0.2, 0.25) is 40.7 Å². The summed E-state index contributed by atoms with van der Waals surface area (Å²) in [7, 11) is 0. The van der Waals surface area contributed by atoms with E-state index in [9.17, 15) is 29.1 Å². The van der Waals surface area contributed by atoms with Crippen LogP contribution >= 0.6 is 0 Å². The summed E-state index contributed by atoms with van der Waals surface area (Å²) in [5.74, 6) is -4.06. The van der Waals surface area contributed by atoms with E-state index in [0.717, 1.165) is 22.7 Å². The van der Waals surface area contributed by atoms with Crippen LogP contribution < -0.4 is 36.2 Å². The van der Waals surface area contributed by atoms with Crippen LogP contribution in [0.15, 0.2) is 180 Å². The Bertz CT molecular complexity index is 2610. The second kappa shape index (κ2) is 19.2. The number of nitrogens with zero attached hydrogens (tertiary/aromatic N) is 2. The number of para-hydroxylation sites is 4. The molecule has 6 N–H and O–H groups in total. The predicted molar refractivity (Wildman–Crippen MR) is 232 cm³/mol. The van der Waals surface area contributed by atoms with Crippen LogP contribution in [0.5, 0.6) is 0 Å². The normalized spacial score (nSPS) is 14.3. The zero-order chi connectivity index (χ0) is 43.6. The number of hydrogen-bond donors (Lipinski definition) is 6. The van der Waals surface area contributed by atoms with Gasteiger partial charge in [-0.1, -0.05) is 84.6 Å². The molecular weight excluding hydrogens is 789 g/mol. The standard InChI is InChI=1S/C48H40N6O8/c55-41(25-27-43(57)51-61)49-39-29-35(53(31-13-5-1-6-14-31)32-15-7-2-8-16-32)21-23-37(39)45-47(59)46(48(45)60)38-24-22-36(30-40(38)50-42(56)26-28-44(58)52-62)54(33-17-9-3-10-18-33)34-19-11-4-12-20-34/h1-24,29-30H,25-28H2,(H6,49,50,51,52,55,56,57,58,59,60,61,62). The molecule has 2 aliphatic rings. The molecule has 0 heterocycles. The molecule has 14 nitrogen and oxygen atoms in total. The summed E-state index contributed by atoms with van der Waals surface area (Å²) < 4.78 is 1.93. The quantitative estimate of drug-likeness (QED) is 0.0328. The molecule has 310 valence electrons. The van der Waals surface area contributed by atoms with Crippen LogP contribution in [-0.2, 0) is 24.0 Å². The molecule has 0 aliphatic heterocycles. The first-order valence-corrected chi connectivity index (χ1v) is 19.5. The molecule has 0 unspecified atom stereocenters. The first-order valence-electron chi connectivity index (χ1n) is 19.5. The lowest BCUT2D eigenvalue weighted by Crippen LogP contribution is -2.34. The minimum absolute atomic E-state index is 0.122. The Morgan fingerprint density at radius 3 is 1.55 bits per heavy atom. The zero-order valence-corrected chi connectivity index (χ0v) is 33.1. The Labute approximate surface area is 356 Å². The van der Waals surface area contributed by atoms with E-state index in [0.29, 0.717) is 11.4 Å². The summed E-state index contributed by atoms with van der Waals surface area (Å²) in [5.41, 5.74) is 7.40. The van der Waals surface area contributed by atoms with Gasteiger partial charge in [-0.15, -0.1) is 0 Å². The number of nitrogens with one attached hydrogen (secondary N) is 4. The molecule has 5 aromatic rings. The Morgan fingerprint density at radius 2 is 1.05 bits per heavy atom. The van der Waals surface area contributed by atoms with Gasteiger partial charge in [-0.25, -0.2) is 11.0 Å². The lowest BCUT2D eigenvalue weighted by atomic mass is 9.78. The zero-order valence-electron chi connectivity index (χ0n) is 33.1. The summed E-state index contributed by atoms with van der Waals surface area (Å²) in [6.45, 7) is 0. The van der Waals surface area contributed by atoms with Crippen molar-refractivity contribution < 1.29 is 39.5 Å². The first kappa shape index (κ1) is 41.9. The topological polar surface area (TPSA) is 203 Å². The molecule has 0 fully saturated rings. The number of carbonyl (C=O) groups excluding carboxylic acids is 5. The molecule has 0 radical (unpaired) electrons. The van der Waals surface area contributed by atoms with Crippen LogP contribution in [0.25, 0.3) is 5.57 Å². The monoisotopic (exact) mass is 828 g/mol. The fourth-order valence-corrected chi connectivity index (χ4v) is 7.06. The van der Waals surface area contributed by atoms with Crippen LogP contribution in [-0.4, -0.2) is 45.5 Å². The predicted octanol–water partition coefficient (Wildman–Crippen LogP) is 6.16. The van der Waals surface area contributed by atoms with Gasteiger partial charge >= 0.3 is 0 Å². The van der Waals surface area contributed by atoms with Crippen molar-refractivity contribution in [1.29, 1.82) is 0 Å². The minimum atomic E-state index is -0.771. The molecule has 0 saturated heterocycles. The van der Waals surface area contributed by atoms with Gasteiger partial charge in [0.25, 0.3) is 0 Å². The SMILES string of the molecule is O=C(CCC(=O)NC1=CC(=[N+](c2ccccc2)c2ccccc2)C=C/C1=C1\C(=O)C(c2ccc(N(c3ccccc3)c3ccccc3)cc2NC(=O)CCC(=O)NO)=C1[O-])NO. The number of anilines is 4. The van der Waals surface area contributed by atoms with Crippen LogP contribution in [0.1, 0.15) is 31.2 Å². The summed E-state index contributed by atoms with van der Waals surface area (Å²) in [6, 6.07) is 42.7. The highest BCUT2D eigenvalue weighted by atomic mass is 16.5. The van der Waals surface area contributed by atoms with Crippen molar-refractivity contribution in [2.45, 2.75) is 25.7 Å². The van der Waals surface area contributed by atoms with Crippen LogP contribution in [0.4, 0.5) is 34.1 Å². The van der Waals surface area contributed by atoms with Gasteiger partial charge in [0.15, 0.2) is 5.78 Å². The van der Waals surface area contributed by atoms with Gasteiger partial charge in [-0.05, 0) is 42.5 Å². The number of rotatable bonds is 14. The van der Waals surface area contributed by atoms with E-state index in [2.05, 4.69) is 10.6 Å². The van der Waals surface area contributed by atoms with Crippen molar-refractivity contribution in [3.05, 3.63) is 186 Å². The molecule has 5 aromatic carbocycles. The number of hydrogen-bond acceptors (Lipinski definition) is 9. The number of allylic oxidation sites excluding steroid dienone is 5. The van der Waals surface area contributed by atoms with E-state index in [-0.39, 0.29) is 59.4 Å². The van der Waals surface area contributed by atoms with Crippen molar-refractivity contribution in [1.82, 2.24) is 20.9 Å². The highest BCUT2D eigenvalue weighted by Gasteiger charge is 2.35. The van der Waals surface area contributed by atoms with Crippen LogP contribution in [0.3, 0.4) is 0 Å². The second-order valence-corrected chi connectivity index (χ2v) is 14.0. The summed E-state index contributed by atoms with van der Waals surface area (Å²) in [6.07, 6.45) is 3.64. The van der Waals surface area contributed by atoms with E-state index in [1.165, 1.54) is 11.0 Å². The maximum atomic E-state index is 14.4. The van der Waals surface area contributed by atoms with Crippen molar-refractivity contribution >= 4 is 74.8 Å². The molecular formula is C48H40N6O8. The van der Waals surface area contributed by atoms with Gasteiger partial charge in [-0.3, -0.25) is 34.4 Å². The second-order valence-electron chi connectivity index (χ2n) is 14.0. The minimum Gasteiger partial charge on any atom is -0.871 e. The Balaban J connectivity index is 1.35. The van der Waals surface area contributed by atoms with Crippen molar-refractivity contribution in [3.8, 4) is 0 Å². The molecule has 2 aliphatic carbocycles. The molecule has 0 spiro atoms. The molecule has 62 heavy (non-hydrogen) atoms. The maximum absolute atomic E-state index is 14.4. The third kappa shape index (κ3) is 9.31. The molecule has 0 saturated carbocycles. The first-order chi connectivity index (χ1) is 30.2. The number of hydroxylamine groups is 2. The Hall–Kier alpha value is -8.20. The van der Waals surface area contributed by atoms with E-state index in [1.807, 2.05) is 131 Å². The average molecular weight is 829 g/mol. The van der Waals surface area contributed by atoms with E-state index < -0.39 is 35.2 Å². The Kier molecular flexibility index (Phi) is 13.0. The highest BCUT2D eigenvalue weighted by molar-refractivity contribution is 6.40. The van der Waals surface area contributed by atoms with Gasteiger partial charge in [0, 0.05) is 101 Å². The van der Waals surface area contributed by atoms with E-state index in [1.54, 1.807) is 36.4 Å². The Morgan fingerprint density at radius 1 is 0.565 bits per heavy atom. The van der Waals surface area contributed by atoms with Crippen molar-refractivity contribution in [2.24, 2.45) is 0 Å². The number of carbonyl (C=O) groups is 5. The molecule has 14 heteroatoms. The van der Waals surface area contributed by atoms with Gasteiger partial charge in [-0.2, -0.15) is 4.58 Å². The number of Topliss-reactive ketones (excluding diaryl/α,β-unsaturated/α-hetero) is 1. The highest BCUT2D eigenvalue weighted by Crippen LogP contribution is 2.44. The molecule has 4 amide bonds. The lowest BCUT2D eigenvalue weighted by Gasteiger charge is -2.34. The summed E-state index contributed by atoms with van der Waals surface area (Å²) >= 11 is 0. The van der Waals surface area contributed by atoms with Gasteiger partial charge in [0.1, 0.15) is 0 Å². The van der Waals surface area contributed by atoms with Crippen molar-refractivity contribution in [2.75, 3.05) is 10.2 Å². The molecule has 0 aromatic heterocycles. The third-order valence-electron chi connectivity index (χ3n) is 9.98. The van der Waals surface area contributed by atoms with E-state index >= 15 is 0 Å². The number of benzene rings is 5. The molecule has 0 bridgehead atoms. The fourth-order valence-electron chi connectivity index (χ4n) is 7.06. The van der Waals surface area contributed by atoms with Gasteiger partial charge in [0.05, 0.1) is 11.4 Å². The largest absolute Gasteiger partial charge is 0.871 e. The number of amides is 4. The average Bonchev–Trinajstić information content (AvgIpc) is 3.30. The molecule has 7 rings (SSSR count). The summed E-state index contributed by atoms with van der Waals surface area (Å²) in [5, 5.41) is 37.9. The smallest absolute Gasteiger partial charge is 0.243 e. The third-order valence-corrected chi connectivity index (χ3v) is 9.98. The van der Waals surface area contributed by atoms with Gasteiger partial charge < -0.3 is 20.6 Å². The summed E-state index contributed by atoms with van der Waals surface area (Å²) in [4.78, 5) is 66.5. The number of ketones is 1. The fraction of sp³-hybridized carbons (Fsp3) is 0.0833. The van der Waals surface area contributed by atoms with Crippen LogP contribution in [0, 0.1) is 0 Å². The molecule has 0 atom stereocenters.